The summed E-state index contributed by atoms with van der Waals surface area (Å²) in [7, 11) is 0. The van der Waals surface area contributed by atoms with Gasteiger partial charge in [-0.2, -0.15) is 0 Å². The van der Waals surface area contributed by atoms with E-state index in [9.17, 15) is 4.79 Å². The van der Waals surface area contributed by atoms with Gasteiger partial charge < -0.3 is 9.57 Å². The van der Waals surface area contributed by atoms with Crippen molar-refractivity contribution in [1.82, 2.24) is 4.90 Å². The molecule has 2 aromatic rings. The number of ketones is 1. The van der Waals surface area contributed by atoms with E-state index in [1.54, 1.807) is 11.8 Å². The summed E-state index contributed by atoms with van der Waals surface area (Å²) in [5.74, 6) is -0.258. The van der Waals surface area contributed by atoms with E-state index in [2.05, 4.69) is 73.1 Å². The number of hydrogen-bond donors (Lipinski definition) is 0. The quantitative estimate of drug-likeness (QED) is 0.601. The molecule has 5 nitrogen and oxygen atoms in total. The Morgan fingerprint density at radius 1 is 1.18 bits per heavy atom. The SMILES string of the molecule is C=Cc1ccc(CC2C(=O)CO/N=C(/c3ccc(SC)cc3)C(C)(C)N3CCOC2C3)cc1. The van der Waals surface area contributed by atoms with E-state index in [0.717, 1.165) is 28.9 Å². The molecule has 0 saturated carbocycles. The molecule has 0 aliphatic carbocycles. The fourth-order valence-corrected chi connectivity index (χ4v) is 5.01. The van der Waals surface area contributed by atoms with Gasteiger partial charge in [0.15, 0.2) is 12.4 Å². The molecule has 2 aliphatic rings. The molecule has 2 bridgehead atoms. The Balaban J connectivity index is 1.63. The molecule has 0 radical (unpaired) electrons. The zero-order valence-corrected chi connectivity index (χ0v) is 20.4. The van der Waals surface area contributed by atoms with Gasteiger partial charge in [-0.25, -0.2) is 0 Å². The number of oxime groups is 1. The monoisotopic (exact) mass is 464 g/mol. The van der Waals surface area contributed by atoms with Crippen molar-refractivity contribution in [3.05, 3.63) is 71.8 Å². The van der Waals surface area contributed by atoms with Gasteiger partial charge in [-0.3, -0.25) is 9.69 Å². The van der Waals surface area contributed by atoms with Crippen LogP contribution in [0.25, 0.3) is 6.08 Å². The predicted octanol–water partition coefficient (Wildman–Crippen LogP) is 4.69. The van der Waals surface area contributed by atoms with Crippen molar-refractivity contribution in [3.8, 4) is 0 Å². The lowest BCUT2D eigenvalue weighted by Gasteiger charge is -2.45. The molecule has 2 aliphatic heterocycles. The normalized spacial score (nSPS) is 26.6. The Labute approximate surface area is 200 Å². The maximum atomic E-state index is 13.2. The highest BCUT2D eigenvalue weighted by Gasteiger charge is 2.41. The zero-order valence-electron chi connectivity index (χ0n) is 19.6. The molecule has 174 valence electrons. The van der Waals surface area contributed by atoms with Crippen LogP contribution in [0.15, 0.2) is 65.2 Å². The van der Waals surface area contributed by atoms with Crippen LogP contribution in [0.2, 0.25) is 0 Å². The smallest absolute Gasteiger partial charge is 0.179 e. The summed E-state index contributed by atoms with van der Waals surface area (Å²) in [6.45, 7) is 10.1. The molecule has 2 aromatic carbocycles. The molecule has 0 amide bonds. The van der Waals surface area contributed by atoms with Crippen LogP contribution in [0.3, 0.4) is 0 Å². The second kappa shape index (κ2) is 10.2. The second-order valence-electron chi connectivity index (χ2n) is 9.08. The number of benzene rings is 2. The van der Waals surface area contributed by atoms with Crippen molar-refractivity contribution < 1.29 is 14.4 Å². The Hall–Kier alpha value is -2.41. The first-order chi connectivity index (χ1) is 15.9. The summed E-state index contributed by atoms with van der Waals surface area (Å²) in [4.78, 5) is 22.5. The summed E-state index contributed by atoms with van der Waals surface area (Å²) in [5, 5.41) is 4.52. The van der Waals surface area contributed by atoms with Crippen molar-refractivity contribution in [2.75, 3.05) is 32.6 Å². The van der Waals surface area contributed by atoms with E-state index in [0.29, 0.717) is 19.6 Å². The van der Waals surface area contributed by atoms with E-state index < -0.39 is 0 Å². The van der Waals surface area contributed by atoms with Crippen LogP contribution in [0.5, 0.6) is 0 Å². The van der Waals surface area contributed by atoms with Gasteiger partial charge in [0.2, 0.25) is 0 Å². The molecular weight excluding hydrogens is 432 g/mol. The predicted molar refractivity (Wildman–Crippen MR) is 135 cm³/mol. The molecule has 4 rings (SSSR count). The number of rotatable bonds is 5. The highest BCUT2D eigenvalue weighted by molar-refractivity contribution is 7.98. The van der Waals surface area contributed by atoms with Crippen molar-refractivity contribution in [2.45, 2.75) is 36.8 Å². The summed E-state index contributed by atoms with van der Waals surface area (Å²) in [6.07, 6.45) is 4.31. The first-order valence-corrected chi connectivity index (χ1v) is 12.6. The van der Waals surface area contributed by atoms with Crippen LogP contribution < -0.4 is 0 Å². The van der Waals surface area contributed by atoms with Crippen LogP contribution >= 0.6 is 11.8 Å². The summed E-state index contributed by atoms with van der Waals surface area (Å²) in [5.41, 5.74) is 3.64. The van der Waals surface area contributed by atoms with Crippen molar-refractivity contribution >= 4 is 29.3 Å². The third-order valence-corrected chi connectivity index (χ3v) is 7.47. The third-order valence-electron chi connectivity index (χ3n) is 6.72. The van der Waals surface area contributed by atoms with Crippen LogP contribution in [0.4, 0.5) is 0 Å². The number of morpholine rings is 1. The number of carbonyl (C=O) groups excluding carboxylic acids is 1. The molecule has 0 aromatic heterocycles. The average molecular weight is 465 g/mol. The Morgan fingerprint density at radius 3 is 2.58 bits per heavy atom. The van der Waals surface area contributed by atoms with Gasteiger partial charge in [-0.1, -0.05) is 54.2 Å². The van der Waals surface area contributed by atoms with E-state index in [1.165, 1.54) is 4.90 Å². The van der Waals surface area contributed by atoms with E-state index in [1.807, 2.05) is 18.2 Å². The maximum absolute atomic E-state index is 13.2. The fourth-order valence-electron chi connectivity index (χ4n) is 4.61. The van der Waals surface area contributed by atoms with Crippen molar-refractivity contribution in [2.24, 2.45) is 11.1 Å². The van der Waals surface area contributed by atoms with E-state index >= 15 is 0 Å². The molecule has 0 N–H and O–H groups in total. The van der Waals surface area contributed by atoms with Crippen LogP contribution in [-0.4, -0.2) is 60.6 Å². The summed E-state index contributed by atoms with van der Waals surface area (Å²) < 4.78 is 6.17. The van der Waals surface area contributed by atoms with E-state index in [4.69, 9.17) is 9.57 Å². The van der Waals surface area contributed by atoms with Crippen LogP contribution in [0, 0.1) is 5.92 Å². The number of thioether (sulfide) groups is 1. The van der Waals surface area contributed by atoms with Gasteiger partial charge in [0.05, 0.1) is 24.2 Å². The lowest BCUT2D eigenvalue weighted by molar-refractivity contribution is -0.139. The minimum Gasteiger partial charge on any atom is -0.387 e. The second-order valence-corrected chi connectivity index (χ2v) is 9.96. The number of fused-ring (bicyclic) bond motifs is 2. The highest BCUT2D eigenvalue weighted by Crippen LogP contribution is 2.29. The molecule has 2 heterocycles. The molecule has 3 atom stereocenters. The standard InChI is InChI=1S/C27H32N2O3S/c1-5-19-6-8-20(9-7-19)16-23-24(30)18-32-28-26(21-10-12-22(33-4)13-11-21)27(2,3)29-14-15-31-25(23)17-29/h5-13,23,25H,1,14-18H2,2-4H3/b28-26-. The zero-order chi connectivity index (χ0) is 23.4. The molecule has 33 heavy (non-hydrogen) atoms. The Kier molecular flexibility index (Phi) is 7.37. The molecule has 1 fully saturated rings. The topological polar surface area (TPSA) is 51.1 Å². The minimum absolute atomic E-state index is 0.0233. The van der Waals surface area contributed by atoms with Crippen molar-refractivity contribution in [3.63, 3.8) is 0 Å². The lowest BCUT2D eigenvalue weighted by Crippen LogP contribution is -2.59. The van der Waals surface area contributed by atoms with Gasteiger partial charge in [0.25, 0.3) is 0 Å². The number of ether oxygens (including phenoxy) is 1. The highest BCUT2D eigenvalue weighted by atomic mass is 32.2. The first-order valence-electron chi connectivity index (χ1n) is 11.4. The van der Waals surface area contributed by atoms with Gasteiger partial charge in [0.1, 0.15) is 5.71 Å². The Morgan fingerprint density at radius 2 is 1.91 bits per heavy atom. The fraction of sp³-hybridized carbons (Fsp3) is 0.407. The molecule has 1 saturated heterocycles. The lowest BCUT2D eigenvalue weighted by atomic mass is 9.85. The van der Waals surface area contributed by atoms with E-state index in [-0.39, 0.29) is 30.0 Å². The van der Waals surface area contributed by atoms with Crippen LogP contribution in [0.1, 0.15) is 30.5 Å². The summed E-state index contributed by atoms with van der Waals surface area (Å²) in [6, 6.07) is 16.5. The molecular formula is C27H32N2O3S. The largest absolute Gasteiger partial charge is 0.387 e. The van der Waals surface area contributed by atoms with Crippen LogP contribution in [-0.2, 0) is 20.8 Å². The number of nitrogens with zero attached hydrogens (tertiary/aromatic N) is 2. The van der Waals surface area contributed by atoms with Crippen molar-refractivity contribution in [1.29, 1.82) is 0 Å². The van der Waals surface area contributed by atoms with Gasteiger partial charge >= 0.3 is 0 Å². The first kappa shape index (κ1) is 23.7. The number of Topliss-reactive ketones (excluding diaryl/α,β-unsaturated/α-hetero) is 1. The molecule has 6 heteroatoms. The van der Waals surface area contributed by atoms with Gasteiger partial charge in [-0.15, -0.1) is 11.8 Å². The Bertz CT molecular complexity index is 1010. The summed E-state index contributed by atoms with van der Waals surface area (Å²) >= 11 is 1.71. The molecule has 0 spiro atoms. The van der Waals surface area contributed by atoms with Gasteiger partial charge in [-0.05, 0) is 49.8 Å². The number of carbonyl (C=O) groups is 1. The number of hydrogen-bond acceptors (Lipinski definition) is 6. The average Bonchev–Trinajstić information content (AvgIpc) is 2.85. The molecule has 3 unspecified atom stereocenters. The minimum atomic E-state index is -0.376. The van der Waals surface area contributed by atoms with Gasteiger partial charge in [0, 0.05) is 23.5 Å². The maximum Gasteiger partial charge on any atom is 0.179 e. The third kappa shape index (κ3) is 5.24.